The lowest BCUT2D eigenvalue weighted by atomic mass is 10.0. The molecule has 0 bridgehead atoms. The zero-order valence-electron chi connectivity index (χ0n) is 16.9. The second kappa shape index (κ2) is 10.7. The number of aryl methyl sites for hydroxylation is 1. The lowest BCUT2D eigenvalue weighted by Crippen LogP contribution is -2.43. The smallest absolute Gasteiger partial charge is 0.119 e. The lowest BCUT2D eigenvalue weighted by Gasteiger charge is -2.32. The average molecular weight is 373 g/mol. The molecule has 0 radical (unpaired) electrons. The maximum atomic E-state index is 10.6. The van der Waals surface area contributed by atoms with Crippen LogP contribution < -0.4 is 15.5 Å². The molecule has 27 heavy (non-hydrogen) atoms. The van der Waals surface area contributed by atoms with E-state index in [0.29, 0.717) is 6.42 Å². The van der Waals surface area contributed by atoms with Gasteiger partial charge in [0.15, 0.2) is 0 Å². The number of carbonyl (C=O) groups is 1. The first kappa shape index (κ1) is 20.2. The molecule has 0 saturated carbocycles. The molecule has 2 saturated heterocycles. The van der Waals surface area contributed by atoms with Gasteiger partial charge in [-0.3, -0.25) is 0 Å². The van der Waals surface area contributed by atoms with Crippen molar-refractivity contribution in [3.05, 3.63) is 23.3 Å². The van der Waals surface area contributed by atoms with E-state index in [0.717, 1.165) is 64.8 Å². The fraction of sp³-hybridized carbons (Fsp3) is 0.682. The van der Waals surface area contributed by atoms with Crippen molar-refractivity contribution in [2.45, 2.75) is 45.4 Å². The number of hydrogen-bond donors (Lipinski definition) is 2. The summed E-state index contributed by atoms with van der Waals surface area (Å²) in [5.41, 5.74) is 5.43. The molecule has 2 aliphatic heterocycles. The number of carbonyl (C=O) groups excluding carboxylic acids is 1. The molecular formula is C22H36N4O. The summed E-state index contributed by atoms with van der Waals surface area (Å²) in [5, 5.41) is 7.17. The van der Waals surface area contributed by atoms with Crippen LogP contribution in [0, 0.1) is 6.92 Å². The van der Waals surface area contributed by atoms with Crippen LogP contribution in [0.25, 0.3) is 0 Å². The maximum absolute atomic E-state index is 10.6. The zero-order chi connectivity index (χ0) is 18.9. The van der Waals surface area contributed by atoms with Crippen LogP contribution in [0.1, 0.15) is 43.2 Å². The van der Waals surface area contributed by atoms with E-state index in [9.17, 15) is 4.79 Å². The molecule has 0 aromatic heterocycles. The van der Waals surface area contributed by atoms with E-state index in [2.05, 4.69) is 39.5 Å². The molecule has 2 heterocycles. The van der Waals surface area contributed by atoms with E-state index in [-0.39, 0.29) is 0 Å². The largest absolute Gasteiger partial charge is 0.383 e. The molecule has 0 atom stereocenters. The normalized spacial score (nSPS) is 18.0. The van der Waals surface area contributed by atoms with Crippen molar-refractivity contribution in [3.63, 3.8) is 0 Å². The Morgan fingerprint density at radius 3 is 2.63 bits per heavy atom. The molecule has 5 nitrogen and oxygen atoms in total. The molecule has 2 aliphatic rings. The Morgan fingerprint density at radius 2 is 1.89 bits per heavy atom. The number of benzene rings is 1. The Bertz CT molecular complexity index is 592. The Labute approximate surface area is 164 Å². The van der Waals surface area contributed by atoms with Crippen molar-refractivity contribution >= 4 is 17.7 Å². The second-order valence-corrected chi connectivity index (χ2v) is 7.91. The standard InChI is InChI=1S/C22H36N4O/c1-19-21(24-10-13-25-11-4-5-12-25)17-20(7-3-2-6-16-27)18-22(19)26-14-8-23-9-15-26/h16-18,23-24H,2-15H2,1H3. The number of hydrogen-bond acceptors (Lipinski definition) is 5. The fourth-order valence-corrected chi connectivity index (χ4v) is 4.23. The first-order chi connectivity index (χ1) is 13.3. The van der Waals surface area contributed by atoms with E-state index >= 15 is 0 Å². The minimum atomic E-state index is 0.678. The third-order valence-electron chi connectivity index (χ3n) is 5.88. The number of piperazine rings is 1. The minimum absolute atomic E-state index is 0.678. The molecule has 0 aliphatic carbocycles. The average Bonchev–Trinajstić information content (AvgIpc) is 3.21. The Morgan fingerprint density at radius 1 is 1.11 bits per heavy atom. The predicted octanol–water partition coefficient (Wildman–Crippen LogP) is 2.82. The molecule has 150 valence electrons. The van der Waals surface area contributed by atoms with Crippen molar-refractivity contribution < 1.29 is 4.79 Å². The number of rotatable bonds is 10. The van der Waals surface area contributed by atoms with Crippen LogP contribution in [0.4, 0.5) is 11.4 Å². The Balaban J connectivity index is 1.68. The van der Waals surface area contributed by atoms with E-state index in [1.165, 1.54) is 48.4 Å². The SMILES string of the molecule is Cc1c(NCCN2CCCC2)cc(CCCCC=O)cc1N1CCNCC1. The number of anilines is 2. The summed E-state index contributed by atoms with van der Waals surface area (Å²) in [4.78, 5) is 15.7. The summed E-state index contributed by atoms with van der Waals surface area (Å²) >= 11 is 0. The van der Waals surface area contributed by atoms with Crippen molar-refractivity contribution in [2.24, 2.45) is 0 Å². The summed E-state index contributed by atoms with van der Waals surface area (Å²) in [7, 11) is 0. The molecule has 1 aromatic carbocycles. The number of aldehydes is 1. The van der Waals surface area contributed by atoms with Crippen LogP contribution in [0.15, 0.2) is 12.1 Å². The summed E-state index contributed by atoms with van der Waals surface area (Å²) in [6.07, 6.45) is 7.52. The van der Waals surface area contributed by atoms with Gasteiger partial charge in [-0.25, -0.2) is 0 Å². The van der Waals surface area contributed by atoms with Gasteiger partial charge in [0.05, 0.1) is 0 Å². The summed E-state index contributed by atoms with van der Waals surface area (Å²) in [6.45, 7) is 11.2. The van der Waals surface area contributed by atoms with Crippen molar-refractivity contribution in [3.8, 4) is 0 Å². The Hall–Kier alpha value is -1.59. The van der Waals surface area contributed by atoms with Crippen LogP contribution in [-0.4, -0.2) is 63.5 Å². The summed E-state index contributed by atoms with van der Waals surface area (Å²) in [6, 6.07) is 4.72. The third-order valence-corrected chi connectivity index (χ3v) is 5.88. The van der Waals surface area contributed by atoms with E-state index in [1.807, 2.05) is 0 Å². The minimum Gasteiger partial charge on any atom is -0.383 e. The van der Waals surface area contributed by atoms with E-state index < -0.39 is 0 Å². The van der Waals surface area contributed by atoms with E-state index in [1.54, 1.807) is 0 Å². The number of nitrogens with one attached hydrogen (secondary N) is 2. The summed E-state index contributed by atoms with van der Waals surface area (Å²) < 4.78 is 0. The van der Waals surface area contributed by atoms with Crippen LogP contribution in [0.3, 0.4) is 0 Å². The fourth-order valence-electron chi connectivity index (χ4n) is 4.23. The topological polar surface area (TPSA) is 47.6 Å². The van der Waals surface area contributed by atoms with Gasteiger partial charge in [-0.2, -0.15) is 0 Å². The van der Waals surface area contributed by atoms with Gasteiger partial charge in [-0.1, -0.05) is 0 Å². The number of likely N-dealkylation sites (tertiary alicyclic amines) is 1. The summed E-state index contributed by atoms with van der Waals surface area (Å²) in [5.74, 6) is 0. The van der Waals surface area contributed by atoms with Gasteiger partial charge in [0.1, 0.15) is 6.29 Å². The molecule has 2 fully saturated rings. The second-order valence-electron chi connectivity index (χ2n) is 7.91. The lowest BCUT2D eigenvalue weighted by molar-refractivity contribution is -0.107. The van der Waals surface area contributed by atoms with Gasteiger partial charge < -0.3 is 25.2 Å². The maximum Gasteiger partial charge on any atom is 0.119 e. The van der Waals surface area contributed by atoms with Crippen LogP contribution >= 0.6 is 0 Å². The van der Waals surface area contributed by atoms with Gasteiger partial charge in [-0.05, 0) is 75.4 Å². The number of unbranched alkanes of at least 4 members (excludes halogenated alkanes) is 2. The molecule has 0 spiro atoms. The highest BCUT2D eigenvalue weighted by Crippen LogP contribution is 2.30. The quantitative estimate of drug-likeness (QED) is 0.489. The van der Waals surface area contributed by atoms with Gasteiger partial charge >= 0.3 is 0 Å². The molecular weight excluding hydrogens is 336 g/mol. The molecule has 0 unspecified atom stereocenters. The van der Waals surface area contributed by atoms with Gasteiger partial charge in [-0.15, -0.1) is 0 Å². The Kier molecular flexibility index (Phi) is 7.96. The molecule has 3 rings (SSSR count). The molecule has 0 amide bonds. The van der Waals surface area contributed by atoms with Crippen LogP contribution in [-0.2, 0) is 11.2 Å². The zero-order valence-corrected chi connectivity index (χ0v) is 16.9. The first-order valence-corrected chi connectivity index (χ1v) is 10.8. The molecule has 1 aromatic rings. The van der Waals surface area contributed by atoms with Crippen molar-refractivity contribution in [1.82, 2.24) is 10.2 Å². The monoisotopic (exact) mass is 372 g/mol. The third kappa shape index (κ3) is 5.94. The van der Waals surface area contributed by atoms with Gasteiger partial charge in [0, 0.05) is 57.1 Å². The van der Waals surface area contributed by atoms with Crippen molar-refractivity contribution in [1.29, 1.82) is 0 Å². The molecule has 5 heteroatoms. The van der Waals surface area contributed by atoms with Crippen LogP contribution in [0.2, 0.25) is 0 Å². The van der Waals surface area contributed by atoms with Crippen LogP contribution in [0.5, 0.6) is 0 Å². The predicted molar refractivity (Wildman–Crippen MR) is 114 cm³/mol. The van der Waals surface area contributed by atoms with Crippen molar-refractivity contribution in [2.75, 3.05) is 62.6 Å². The highest BCUT2D eigenvalue weighted by Gasteiger charge is 2.16. The van der Waals surface area contributed by atoms with E-state index in [4.69, 9.17) is 0 Å². The highest BCUT2D eigenvalue weighted by atomic mass is 16.1. The van der Waals surface area contributed by atoms with Gasteiger partial charge in [0.25, 0.3) is 0 Å². The molecule has 2 N–H and O–H groups in total. The van der Waals surface area contributed by atoms with Gasteiger partial charge in [0.2, 0.25) is 0 Å². The highest BCUT2D eigenvalue weighted by molar-refractivity contribution is 5.68. The first-order valence-electron chi connectivity index (χ1n) is 10.8. The number of nitrogens with zero attached hydrogens (tertiary/aromatic N) is 2.